The van der Waals surface area contributed by atoms with Crippen molar-refractivity contribution in [3.05, 3.63) is 91.0 Å². The van der Waals surface area contributed by atoms with Gasteiger partial charge in [0.1, 0.15) is 46.0 Å². The van der Waals surface area contributed by atoms with E-state index in [1.165, 1.54) is 24.3 Å². The van der Waals surface area contributed by atoms with Gasteiger partial charge in [0.2, 0.25) is 0 Å². The van der Waals surface area contributed by atoms with Gasteiger partial charge in [-0.05, 0) is 47.9 Å². The van der Waals surface area contributed by atoms with E-state index in [4.69, 9.17) is 0 Å². The van der Waals surface area contributed by atoms with E-state index in [1.807, 2.05) is 27.7 Å². The van der Waals surface area contributed by atoms with Gasteiger partial charge < -0.3 is 40.9 Å². The smallest absolute Gasteiger partial charge is 0.123 e. The fraction of sp³-hybridized carbons (Fsp3) is 0.400. The molecule has 8 nitrogen and oxygen atoms in total. The Kier molecular flexibility index (Phi) is 10.2. The van der Waals surface area contributed by atoms with E-state index in [0.717, 1.165) is 0 Å². The molecule has 0 aromatic heterocycles. The molecule has 4 aromatic carbocycles. The maximum atomic E-state index is 11.3. The molecule has 8 N–H and O–H groups in total. The van der Waals surface area contributed by atoms with Crippen LogP contribution in [0.4, 0.5) is 0 Å². The van der Waals surface area contributed by atoms with Crippen LogP contribution in [0.5, 0.6) is 46.0 Å². The van der Waals surface area contributed by atoms with Gasteiger partial charge in [-0.15, -0.1) is 0 Å². The number of benzene rings is 4. The number of aromatic hydroxyl groups is 8. The third-order valence-electron chi connectivity index (χ3n) is 9.90. The zero-order valence-electron chi connectivity index (χ0n) is 28.4. The second-order valence-electron chi connectivity index (χ2n) is 13.1. The van der Waals surface area contributed by atoms with Crippen LogP contribution in [0, 0.1) is 0 Å². The Morgan fingerprint density at radius 1 is 0.312 bits per heavy atom. The molecule has 0 unspecified atom stereocenters. The SMILES string of the molecule is CCCc1c2c(O)cc(O)c1Cc1c(O)cc(O)c(c1CCC)Cc1c(O)cc(O)c(c1CCC)Cc1c(O)cc(O)c(c1CCC)C2. The van der Waals surface area contributed by atoms with Crippen molar-refractivity contribution in [1.82, 2.24) is 0 Å². The molecule has 0 radical (unpaired) electrons. The van der Waals surface area contributed by atoms with Gasteiger partial charge >= 0.3 is 0 Å². The first-order valence-corrected chi connectivity index (χ1v) is 17.2. The zero-order valence-corrected chi connectivity index (χ0v) is 28.4. The maximum absolute atomic E-state index is 11.3. The van der Waals surface area contributed by atoms with Crippen LogP contribution in [0.25, 0.3) is 0 Å². The lowest BCUT2D eigenvalue weighted by atomic mass is 9.81. The lowest BCUT2D eigenvalue weighted by Crippen LogP contribution is -2.11. The number of fused-ring (bicyclic) bond motifs is 8. The predicted octanol–water partition coefficient (Wildman–Crippen LogP) is 7.82. The molecule has 0 saturated heterocycles. The number of rotatable bonds is 8. The molecule has 4 aromatic rings. The zero-order chi connectivity index (χ0) is 34.9. The Morgan fingerprint density at radius 3 is 0.583 bits per heavy atom. The molecule has 0 aliphatic heterocycles. The van der Waals surface area contributed by atoms with E-state index in [-0.39, 0.29) is 71.7 Å². The molecule has 8 bridgehead atoms. The highest BCUT2D eigenvalue weighted by Crippen LogP contribution is 2.46. The highest BCUT2D eigenvalue weighted by molar-refractivity contribution is 5.64. The minimum Gasteiger partial charge on any atom is -0.508 e. The molecule has 0 saturated carbocycles. The molecule has 1 aliphatic rings. The highest BCUT2D eigenvalue weighted by Gasteiger charge is 2.28. The molecule has 0 fully saturated rings. The quantitative estimate of drug-likeness (QED) is 0.0839. The van der Waals surface area contributed by atoms with Crippen molar-refractivity contribution >= 4 is 0 Å². The van der Waals surface area contributed by atoms with Crippen LogP contribution in [0.1, 0.15) is 120 Å². The van der Waals surface area contributed by atoms with E-state index in [1.54, 1.807) is 0 Å². The van der Waals surface area contributed by atoms with Crippen LogP contribution in [-0.2, 0) is 51.4 Å². The molecule has 256 valence electrons. The monoisotopic (exact) mass is 656 g/mol. The summed E-state index contributed by atoms with van der Waals surface area (Å²) in [6.45, 7) is 7.99. The Bertz CT molecular complexity index is 1480. The van der Waals surface area contributed by atoms with Crippen LogP contribution < -0.4 is 0 Å². The summed E-state index contributed by atoms with van der Waals surface area (Å²) in [5.74, 6) is -0.943. The summed E-state index contributed by atoms with van der Waals surface area (Å²) in [6.07, 6.45) is 5.26. The van der Waals surface area contributed by atoms with Gasteiger partial charge in [-0.1, -0.05) is 53.4 Å². The number of hydrogen-bond donors (Lipinski definition) is 8. The van der Waals surface area contributed by atoms with Crippen molar-refractivity contribution in [1.29, 1.82) is 0 Å². The first kappa shape index (κ1) is 34.6. The first-order valence-electron chi connectivity index (χ1n) is 17.2. The molecule has 8 heteroatoms. The average molecular weight is 657 g/mol. The molecule has 5 rings (SSSR count). The topological polar surface area (TPSA) is 162 Å². The van der Waals surface area contributed by atoms with Gasteiger partial charge in [-0.3, -0.25) is 0 Å². The standard InChI is InChI=1S/C40H48O8/c1-5-9-21-25-13-27-22(10-6-2)29(37(45)18-35(27)43)15-31-24(12-8-4)32(40(48)20-39(31)47)16-30-23(11-7-3)28(36(44)19-38(30)46)14-26(21)34(42)17-33(25)41/h17-20,41-48H,5-16H2,1-4H3. The Morgan fingerprint density at radius 2 is 0.458 bits per heavy atom. The van der Waals surface area contributed by atoms with Crippen molar-refractivity contribution in [2.24, 2.45) is 0 Å². The van der Waals surface area contributed by atoms with E-state index in [2.05, 4.69) is 0 Å². The molecule has 0 heterocycles. The molecule has 0 spiro atoms. The van der Waals surface area contributed by atoms with Gasteiger partial charge in [0.05, 0.1) is 0 Å². The summed E-state index contributed by atoms with van der Waals surface area (Å²) in [4.78, 5) is 0. The third-order valence-corrected chi connectivity index (χ3v) is 9.90. The van der Waals surface area contributed by atoms with E-state index in [0.29, 0.717) is 118 Å². The van der Waals surface area contributed by atoms with Gasteiger partial charge in [0, 0.05) is 94.5 Å². The van der Waals surface area contributed by atoms with Crippen LogP contribution in [-0.4, -0.2) is 40.9 Å². The van der Waals surface area contributed by atoms with Crippen molar-refractivity contribution in [2.45, 2.75) is 105 Å². The lowest BCUT2D eigenvalue weighted by molar-refractivity contribution is 0.433. The maximum Gasteiger partial charge on any atom is 0.123 e. The molecule has 0 amide bonds. The molecule has 48 heavy (non-hydrogen) atoms. The minimum atomic E-state index is -0.118. The van der Waals surface area contributed by atoms with Crippen LogP contribution in [0.15, 0.2) is 24.3 Å². The van der Waals surface area contributed by atoms with Gasteiger partial charge in [-0.25, -0.2) is 0 Å². The summed E-state index contributed by atoms with van der Waals surface area (Å²) in [7, 11) is 0. The van der Waals surface area contributed by atoms with Gasteiger partial charge in [0.25, 0.3) is 0 Å². The molecule has 0 atom stereocenters. The van der Waals surface area contributed by atoms with Gasteiger partial charge in [0.15, 0.2) is 0 Å². The Hall–Kier alpha value is -4.72. The summed E-state index contributed by atoms with van der Waals surface area (Å²) >= 11 is 0. The summed E-state index contributed by atoms with van der Waals surface area (Å²) in [5.41, 5.74) is 7.15. The van der Waals surface area contributed by atoms with Gasteiger partial charge in [-0.2, -0.15) is 0 Å². The number of phenols is 8. The fourth-order valence-electron chi connectivity index (χ4n) is 7.67. The number of hydrogen-bond acceptors (Lipinski definition) is 8. The summed E-state index contributed by atoms with van der Waals surface area (Å²) in [6, 6.07) is 5.22. The molecular weight excluding hydrogens is 608 g/mol. The van der Waals surface area contributed by atoms with Crippen LogP contribution in [0.3, 0.4) is 0 Å². The van der Waals surface area contributed by atoms with Crippen molar-refractivity contribution in [3.63, 3.8) is 0 Å². The van der Waals surface area contributed by atoms with E-state index < -0.39 is 0 Å². The minimum absolute atomic E-state index is 0.117. The predicted molar refractivity (Wildman–Crippen MR) is 186 cm³/mol. The number of phenolic OH excluding ortho intramolecular Hbond substituents is 8. The molecular formula is C40H48O8. The molecule has 1 aliphatic carbocycles. The Labute approximate surface area is 282 Å². The summed E-state index contributed by atoms with van der Waals surface area (Å²) in [5, 5.41) is 90.6. The van der Waals surface area contributed by atoms with Crippen molar-refractivity contribution in [3.8, 4) is 46.0 Å². The lowest BCUT2D eigenvalue weighted by Gasteiger charge is -2.25. The van der Waals surface area contributed by atoms with Crippen LogP contribution in [0.2, 0.25) is 0 Å². The van der Waals surface area contributed by atoms with Crippen molar-refractivity contribution < 1.29 is 40.9 Å². The second-order valence-corrected chi connectivity index (χ2v) is 13.1. The fourth-order valence-corrected chi connectivity index (χ4v) is 7.67. The first-order chi connectivity index (χ1) is 22.9. The van der Waals surface area contributed by atoms with Crippen molar-refractivity contribution in [2.75, 3.05) is 0 Å². The van der Waals surface area contributed by atoms with E-state index >= 15 is 0 Å². The highest BCUT2D eigenvalue weighted by atomic mass is 16.3. The largest absolute Gasteiger partial charge is 0.508 e. The average Bonchev–Trinajstić information content (AvgIpc) is 3.01. The normalized spacial score (nSPS) is 12.8. The summed E-state index contributed by atoms with van der Waals surface area (Å²) < 4.78 is 0. The van der Waals surface area contributed by atoms with Crippen LogP contribution >= 0.6 is 0 Å². The third kappa shape index (κ3) is 6.28. The Balaban J connectivity index is 1.96. The van der Waals surface area contributed by atoms with E-state index in [9.17, 15) is 40.9 Å². The second kappa shape index (κ2) is 14.2.